The first-order chi connectivity index (χ1) is 10.1. The molecule has 2 nitrogen and oxygen atoms in total. The molecule has 1 atom stereocenters. The molecule has 0 saturated heterocycles. The second-order valence-corrected chi connectivity index (χ2v) is 7.74. The van der Waals surface area contributed by atoms with Gasteiger partial charge in [-0.3, -0.25) is 0 Å². The van der Waals surface area contributed by atoms with Gasteiger partial charge in [-0.1, -0.05) is 39.0 Å². The van der Waals surface area contributed by atoms with Gasteiger partial charge in [-0.15, -0.1) is 0 Å². The van der Waals surface area contributed by atoms with Crippen LogP contribution in [0.3, 0.4) is 0 Å². The van der Waals surface area contributed by atoms with E-state index in [1.54, 1.807) is 0 Å². The number of anilines is 2. The molecular weight excluding hydrogens is 268 g/mol. The molecule has 0 amide bonds. The number of rotatable bonds is 1. The summed E-state index contributed by atoms with van der Waals surface area (Å²) in [6.07, 6.45) is 1.05. The maximum absolute atomic E-state index is 6.44. The SMILES string of the molecule is Cc1cc(N)c2c(c1)C(C)(C)CC2(C)c1ccc(C)c(N)c1. The fourth-order valence-corrected chi connectivity index (χ4v) is 4.26. The highest BCUT2D eigenvalue weighted by molar-refractivity contribution is 5.66. The summed E-state index contributed by atoms with van der Waals surface area (Å²) in [5.74, 6) is 0. The third kappa shape index (κ3) is 2.01. The van der Waals surface area contributed by atoms with Gasteiger partial charge in [-0.25, -0.2) is 0 Å². The lowest BCUT2D eigenvalue weighted by molar-refractivity contribution is 0.425. The summed E-state index contributed by atoms with van der Waals surface area (Å²) in [6, 6.07) is 10.8. The quantitative estimate of drug-likeness (QED) is 0.763. The Morgan fingerprint density at radius 2 is 1.59 bits per heavy atom. The van der Waals surface area contributed by atoms with Gasteiger partial charge in [-0.2, -0.15) is 0 Å². The molecule has 0 heterocycles. The highest BCUT2D eigenvalue weighted by Crippen LogP contribution is 2.55. The molecule has 0 aromatic heterocycles. The first kappa shape index (κ1) is 15.0. The average molecular weight is 294 g/mol. The van der Waals surface area contributed by atoms with Crippen LogP contribution in [0.4, 0.5) is 11.4 Å². The molecule has 1 unspecified atom stereocenters. The fraction of sp³-hybridized carbons (Fsp3) is 0.400. The van der Waals surface area contributed by atoms with E-state index in [0.29, 0.717) is 0 Å². The number of hydrogen-bond acceptors (Lipinski definition) is 2. The van der Waals surface area contributed by atoms with Crippen LogP contribution in [0.1, 0.15) is 55.0 Å². The van der Waals surface area contributed by atoms with E-state index in [9.17, 15) is 0 Å². The van der Waals surface area contributed by atoms with Crippen molar-refractivity contribution in [2.45, 2.75) is 51.9 Å². The van der Waals surface area contributed by atoms with Gasteiger partial charge in [0.1, 0.15) is 0 Å². The van der Waals surface area contributed by atoms with E-state index >= 15 is 0 Å². The zero-order valence-electron chi connectivity index (χ0n) is 14.2. The summed E-state index contributed by atoms with van der Waals surface area (Å²) < 4.78 is 0. The van der Waals surface area contributed by atoms with Crippen molar-refractivity contribution in [3.63, 3.8) is 0 Å². The molecule has 4 N–H and O–H groups in total. The van der Waals surface area contributed by atoms with Gasteiger partial charge in [0.15, 0.2) is 0 Å². The van der Waals surface area contributed by atoms with Gasteiger partial charge in [-0.05, 0) is 65.6 Å². The molecule has 0 aliphatic heterocycles. The Labute approximate surface area is 133 Å². The number of nitrogen functional groups attached to an aromatic ring is 2. The lowest BCUT2D eigenvalue weighted by atomic mass is 9.74. The van der Waals surface area contributed by atoms with Gasteiger partial charge >= 0.3 is 0 Å². The maximum Gasteiger partial charge on any atom is 0.0361 e. The van der Waals surface area contributed by atoms with E-state index in [2.05, 4.69) is 58.0 Å². The van der Waals surface area contributed by atoms with Crippen molar-refractivity contribution in [3.05, 3.63) is 58.1 Å². The van der Waals surface area contributed by atoms with E-state index in [-0.39, 0.29) is 10.8 Å². The van der Waals surface area contributed by atoms with Crippen LogP contribution in [0, 0.1) is 13.8 Å². The molecule has 0 spiro atoms. The van der Waals surface area contributed by atoms with Crippen molar-refractivity contribution in [2.24, 2.45) is 0 Å². The van der Waals surface area contributed by atoms with Crippen molar-refractivity contribution < 1.29 is 0 Å². The zero-order chi connectivity index (χ0) is 16.3. The monoisotopic (exact) mass is 294 g/mol. The van der Waals surface area contributed by atoms with Crippen molar-refractivity contribution in [3.8, 4) is 0 Å². The summed E-state index contributed by atoms with van der Waals surface area (Å²) in [4.78, 5) is 0. The first-order valence-electron chi connectivity index (χ1n) is 7.93. The minimum Gasteiger partial charge on any atom is -0.399 e. The fourth-order valence-electron chi connectivity index (χ4n) is 4.26. The Hall–Kier alpha value is -1.96. The molecule has 1 aliphatic carbocycles. The predicted molar refractivity (Wildman–Crippen MR) is 95.3 cm³/mol. The van der Waals surface area contributed by atoms with E-state index in [0.717, 1.165) is 23.4 Å². The zero-order valence-corrected chi connectivity index (χ0v) is 14.2. The van der Waals surface area contributed by atoms with Gasteiger partial charge < -0.3 is 11.5 Å². The molecule has 2 heteroatoms. The summed E-state index contributed by atoms with van der Waals surface area (Å²) in [7, 11) is 0. The smallest absolute Gasteiger partial charge is 0.0361 e. The summed E-state index contributed by atoms with van der Waals surface area (Å²) in [5.41, 5.74) is 20.7. The Kier molecular flexibility index (Phi) is 3.07. The van der Waals surface area contributed by atoms with Crippen molar-refractivity contribution in [1.82, 2.24) is 0 Å². The van der Waals surface area contributed by atoms with E-state index in [4.69, 9.17) is 11.5 Å². The van der Waals surface area contributed by atoms with Crippen LogP contribution < -0.4 is 11.5 Å². The first-order valence-corrected chi connectivity index (χ1v) is 7.93. The average Bonchev–Trinajstić information content (AvgIpc) is 2.60. The Balaban J connectivity index is 2.28. The van der Waals surface area contributed by atoms with Gasteiger partial charge in [0.05, 0.1) is 0 Å². The molecule has 1 aliphatic rings. The third-order valence-corrected chi connectivity index (χ3v) is 5.31. The van der Waals surface area contributed by atoms with Crippen LogP contribution in [-0.4, -0.2) is 0 Å². The molecule has 0 fully saturated rings. The molecule has 0 bridgehead atoms. The summed E-state index contributed by atoms with van der Waals surface area (Å²) >= 11 is 0. The van der Waals surface area contributed by atoms with E-state index < -0.39 is 0 Å². The molecule has 3 rings (SSSR count). The van der Waals surface area contributed by atoms with Gasteiger partial charge in [0, 0.05) is 16.8 Å². The minimum absolute atomic E-state index is 0.0849. The number of fused-ring (bicyclic) bond motifs is 1. The second-order valence-electron chi connectivity index (χ2n) is 7.74. The van der Waals surface area contributed by atoms with Crippen molar-refractivity contribution in [1.29, 1.82) is 0 Å². The topological polar surface area (TPSA) is 52.0 Å². The van der Waals surface area contributed by atoms with E-state index in [1.165, 1.54) is 22.3 Å². The lowest BCUT2D eigenvalue weighted by Crippen LogP contribution is -2.24. The molecule has 2 aromatic rings. The second kappa shape index (κ2) is 4.52. The highest BCUT2D eigenvalue weighted by atomic mass is 14.6. The van der Waals surface area contributed by atoms with Crippen LogP contribution in [0.2, 0.25) is 0 Å². The number of hydrogen-bond donors (Lipinski definition) is 2. The molecule has 116 valence electrons. The number of aryl methyl sites for hydroxylation is 2. The van der Waals surface area contributed by atoms with Gasteiger partial charge in [0.2, 0.25) is 0 Å². The van der Waals surface area contributed by atoms with Crippen LogP contribution in [-0.2, 0) is 10.8 Å². The van der Waals surface area contributed by atoms with Gasteiger partial charge in [0.25, 0.3) is 0 Å². The van der Waals surface area contributed by atoms with Crippen LogP contribution in [0.15, 0.2) is 30.3 Å². The van der Waals surface area contributed by atoms with E-state index in [1.807, 2.05) is 6.92 Å². The molecule has 0 saturated carbocycles. The Morgan fingerprint density at radius 1 is 0.909 bits per heavy atom. The highest BCUT2D eigenvalue weighted by Gasteiger charge is 2.47. The minimum atomic E-state index is -0.0849. The molecular formula is C20H26N2. The summed E-state index contributed by atoms with van der Waals surface area (Å²) in [6.45, 7) is 11.1. The van der Waals surface area contributed by atoms with Crippen molar-refractivity contribution >= 4 is 11.4 Å². The summed E-state index contributed by atoms with van der Waals surface area (Å²) in [5, 5.41) is 0. The lowest BCUT2D eigenvalue weighted by Gasteiger charge is -2.29. The molecule has 0 radical (unpaired) electrons. The van der Waals surface area contributed by atoms with Crippen LogP contribution in [0.5, 0.6) is 0 Å². The Morgan fingerprint density at radius 3 is 2.23 bits per heavy atom. The maximum atomic E-state index is 6.44. The number of nitrogens with two attached hydrogens (primary N) is 2. The molecule has 2 aromatic carbocycles. The normalized spacial score (nSPS) is 22.6. The number of benzene rings is 2. The standard InChI is InChI=1S/C20H26N2/c1-12-8-15-18(17(22)9-12)20(5,11-19(15,3)4)14-7-6-13(2)16(21)10-14/h6-10H,11,21-22H2,1-5H3. The Bertz CT molecular complexity index is 759. The van der Waals surface area contributed by atoms with Crippen LogP contribution >= 0.6 is 0 Å². The third-order valence-electron chi connectivity index (χ3n) is 5.31. The molecule has 22 heavy (non-hydrogen) atoms. The largest absolute Gasteiger partial charge is 0.399 e. The predicted octanol–water partition coefficient (Wildman–Crippen LogP) is 4.46. The van der Waals surface area contributed by atoms with Crippen LogP contribution in [0.25, 0.3) is 0 Å². The van der Waals surface area contributed by atoms with Crippen molar-refractivity contribution in [2.75, 3.05) is 11.5 Å².